The monoisotopic (exact) mass is 281 g/mol. The van der Waals surface area contributed by atoms with Gasteiger partial charge in [-0.15, -0.1) is 0 Å². The molecule has 0 bridgehead atoms. The van der Waals surface area contributed by atoms with Crippen LogP contribution >= 0.6 is 0 Å². The van der Waals surface area contributed by atoms with Gasteiger partial charge in [0.25, 0.3) is 0 Å². The highest BCUT2D eigenvalue weighted by Gasteiger charge is 2.33. The number of rotatable bonds is 8. The number of hydrogen-bond donors (Lipinski definition) is 1. The summed E-state index contributed by atoms with van der Waals surface area (Å²) >= 11 is 0. The Hall–Kier alpha value is -1.20. The van der Waals surface area contributed by atoms with Gasteiger partial charge in [0.1, 0.15) is 11.6 Å². The summed E-state index contributed by atoms with van der Waals surface area (Å²) in [5, 5.41) is 3.08. The Morgan fingerprint density at radius 1 is 1.55 bits per heavy atom. The second kappa shape index (κ2) is 6.99. The number of methoxy groups -OCH3 is 1. The molecule has 0 amide bonds. The van der Waals surface area contributed by atoms with E-state index in [4.69, 9.17) is 4.74 Å². The second-order valence-corrected chi connectivity index (χ2v) is 5.43. The van der Waals surface area contributed by atoms with Crippen LogP contribution in [0.25, 0.3) is 0 Å². The predicted octanol–water partition coefficient (Wildman–Crippen LogP) is 2.19. The fourth-order valence-electron chi connectivity index (χ4n) is 2.58. The molecule has 1 aromatic heterocycles. The molecule has 112 valence electrons. The van der Waals surface area contributed by atoms with Gasteiger partial charge >= 0.3 is 0 Å². The molecule has 1 N–H and O–H groups in total. The minimum atomic E-state index is -0.287. The first-order valence-corrected chi connectivity index (χ1v) is 7.22. The van der Waals surface area contributed by atoms with E-state index in [0.29, 0.717) is 19.2 Å². The Kier molecular flexibility index (Phi) is 5.31. The predicted molar refractivity (Wildman–Crippen MR) is 78.4 cm³/mol. The number of nitrogens with one attached hydrogen (secondary N) is 1. The second-order valence-electron chi connectivity index (χ2n) is 5.43. The summed E-state index contributed by atoms with van der Waals surface area (Å²) in [7, 11) is 3.56. The molecular weight excluding hydrogens is 257 g/mol. The topological polar surface area (TPSA) is 37.4 Å². The van der Waals surface area contributed by atoms with Crippen LogP contribution in [-0.2, 0) is 11.3 Å². The average Bonchev–Trinajstić information content (AvgIpc) is 3.25. The maximum absolute atomic E-state index is 13.4. The van der Waals surface area contributed by atoms with Crippen LogP contribution in [-0.4, -0.2) is 38.3 Å². The van der Waals surface area contributed by atoms with E-state index >= 15 is 0 Å². The Balaban J connectivity index is 2.25. The Morgan fingerprint density at radius 2 is 2.30 bits per heavy atom. The molecule has 0 radical (unpaired) electrons. The molecular formula is C15H24FN3O. The number of halogens is 1. The summed E-state index contributed by atoms with van der Waals surface area (Å²) < 4.78 is 18.6. The molecule has 1 unspecified atom stereocenters. The van der Waals surface area contributed by atoms with E-state index in [2.05, 4.69) is 22.1 Å². The van der Waals surface area contributed by atoms with Crippen molar-refractivity contribution in [2.45, 2.75) is 32.4 Å². The van der Waals surface area contributed by atoms with Crippen LogP contribution < -0.4 is 10.2 Å². The third-order valence-electron chi connectivity index (χ3n) is 3.88. The number of ether oxygens (including phenoxy) is 1. The molecule has 1 saturated carbocycles. The van der Waals surface area contributed by atoms with Gasteiger partial charge < -0.3 is 15.0 Å². The minimum absolute atomic E-state index is 0.287. The molecule has 1 aliphatic rings. The van der Waals surface area contributed by atoms with Crippen LogP contribution in [0.3, 0.4) is 0 Å². The van der Waals surface area contributed by atoms with Crippen LogP contribution in [0.1, 0.15) is 25.3 Å². The zero-order chi connectivity index (χ0) is 14.5. The van der Waals surface area contributed by atoms with Gasteiger partial charge in [-0.05, 0) is 38.8 Å². The first-order valence-electron chi connectivity index (χ1n) is 7.22. The Bertz CT molecular complexity index is 437. The maximum atomic E-state index is 13.4. The molecule has 0 aliphatic heterocycles. The van der Waals surface area contributed by atoms with Crippen LogP contribution in [0.15, 0.2) is 12.3 Å². The highest BCUT2D eigenvalue weighted by atomic mass is 19.1. The molecule has 4 nitrogen and oxygen atoms in total. The number of aromatic nitrogens is 1. The SMILES string of the molecule is CNCc1cc(F)cnc1N(CCOC)C(C)C1CC1. The van der Waals surface area contributed by atoms with E-state index in [0.717, 1.165) is 23.8 Å². The van der Waals surface area contributed by atoms with E-state index in [1.54, 1.807) is 13.2 Å². The Labute approximate surface area is 120 Å². The van der Waals surface area contributed by atoms with E-state index in [1.807, 2.05) is 7.05 Å². The van der Waals surface area contributed by atoms with Crippen LogP contribution in [0.5, 0.6) is 0 Å². The summed E-state index contributed by atoms with van der Waals surface area (Å²) in [6.45, 7) is 4.26. The summed E-state index contributed by atoms with van der Waals surface area (Å²) in [6, 6.07) is 1.98. The quantitative estimate of drug-likeness (QED) is 0.792. The van der Waals surface area contributed by atoms with Gasteiger partial charge in [-0.25, -0.2) is 9.37 Å². The van der Waals surface area contributed by atoms with Crippen molar-refractivity contribution < 1.29 is 9.13 Å². The average molecular weight is 281 g/mol. The molecule has 2 rings (SSSR count). The standard InChI is InChI=1S/C15H24FN3O/c1-11(12-4-5-12)19(6-7-20-3)15-13(9-17-2)8-14(16)10-18-15/h8,10-12,17H,4-7,9H2,1-3H3. The molecule has 0 spiro atoms. The fourth-order valence-corrected chi connectivity index (χ4v) is 2.58. The zero-order valence-electron chi connectivity index (χ0n) is 12.5. The highest BCUT2D eigenvalue weighted by molar-refractivity contribution is 5.48. The van der Waals surface area contributed by atoms with Gasteiger partial charge in [-0.1, -0.05) is 0 Å². The summed E-state index contributed by atoms with van der Waals surface area (Å²) in [4.78, 5) is 6.59. The van der Waals surface area contributed by atoms with E-state index in [9.17, 15) is 4.39 Å². The van der Waals surface area contributed by atoms with Gasteiger partial charge in [0.2, 0.25) is 0 Å². The fraction of sp³-hybridized carbons (Fsp3) is 0.667. The first-order chi connectivity index (χ1) is 9.67. The van der Waals surface area contributed by atoms with Crippen molar-refractivity contribution in [2.24, 2.45) is 5.92 Å². The largest absolute Gasteiger partial charge is 0.383 e. The lowest BCUT2D eigenvalue weighted by molar-refractivity contribution is 0.202. The van der Waals surface area contributed by atoms with Gasteiger partial charge in [0.05, 0.1) is 12.8 Å². The van der Waals surface area contributed by atoms with Crippen molar-refractivity contribution in [3.05, 3.63) is 23.6 Å². The third-order valence-corrected chi connectivity index (χ3v) is 3.88. The van der Waals surface area contributed by atoms with Gasteiger partial charge in [-0.2, -0.15) is 0 Å². The van der Waals surface area contributed by atoms with Crippen molar-refractivity contribution in [1.82, 2.24) is 10.3 Å². The molecule has 1 aliphatic carbocycles. The number of pyridine rings is 1. The lowest BCUT2D eigenvalue weighted by atomic mass is 10.1. The van der Waals surface area contributed by atoms with Crippen molar-refractivity contribution in [2.75, 3.05) is 32.2 Å². The number of nitrogens with zero attached hydrogens (tertiary/aromatic N) is 2. The van der Waals surface area contributed by atoms with Crippen molar-refractivity contribution in [1.29, 1.82) is 0 Å². The van der Waals surface area contributed by atoms with Crippen LogP contribution in [0, 0.1) is 11.7 Å². The summed E-state index contributed by atoms with van der Waals surface area (Å²) in [6.07, 6.45) is 3.84. The van der Waals surface area contributed by atoms with Gasteiger partial charge in [-0.3, -0.25) is 0 Å². The van der Waals surface area contributed by atoms with Crippen molar-refractivity contribution >= 4 is 5.82 Å². The molecule has 1 fully saturated rings. The van der Waals surface area contributed by atoms with Crippen LogP contribution in [0.4, 0.5) is 10.2 Å². The zero-order valence-corrected chi connectivity index (χ0v) is 12.5. The highest BCUT2D eigenvalue weighted by Crippen LogP contribution is 2.37. The maximum Gasteiger partial charge on any atom is 0.141 e. The number of anilines is 1. The summed E-state index contributed by atoms with van der Waals surface area (Å²) in [5.41, 5.74) is 0.899. The molecule has 0 saturated heterocycles. The van der Waals surface area contributed by atoms with Gasteiger partial charge in [0, 0.05) is 31.8 Å². The van der Waals surface area contributed by atoms with Crippen LogP contribution in [0.2, 0.25) is 0 Å². The van der Waals surface area contributed by atoms with E-state index in [-0.39, 0.29) is 5.82 Å². The molecule has 0 aromatic carbocycles. The summed E-state index contributed by atoms with van der Waals surface area (Å²) in [5.74, 6) is 1.31. The number of hydrogen-bond acceptors (Lipinski definition) is 4. The molecule has 1 heterocycles. The first kappa shape index (κ1) is 15.2. The van der Waals surface area contributed by atoms with Crippen molar-refractivity contribution in [3.63, 3.8) is 0 Å². The van der Waals surface area contributed by atoms with Gasteiger partial charge in [0.15, 0.2) is 0 Å². The molecule has 1 atom stereocenters. The lowest BCUT2D eigenvalue weighted by Crippen LogP contribution is -2.38. The molecule has 5 heteroatoms. The normalized spacial score (nSPS) is 16.2. The third kappa shape index (κ3) is 3.67. The molecule has 20 heavy (non-hydrogen) atoms. The lowest BCUT2D eigenvalue weighted by Gasteiger charge is -2.32. The Morgan fingerprint density at radius 3 is 2.90 bits per heavy atom. The smallest absolute Gasteiger partial charge is 0.141 e. The van der Waals surface area contributed by atoms with E-state index in [1.165, 1.54) is 19.0 Å². The van der Waals surface area contributed by atoms with E-state index < -0.39 is 0 Å². The molecule has 1 aromatic rings. The van der Waals surface area contributed by atoms with Crippen molar-refractivity contribution in [3.8, 4) is 0 Å². The minimum Gasteiger partial charge on any atom is -0.383 e.